The molecule has 3 heterocycles. The minimum Gasteiger partial charge on any atom is -0.464 e. The number of nitrogens with zero attached hydrogens (tertiary/aromatic N) is 1. The SMILES string of the molecule is Cc1ccc(C(NC(=O)C2(c3ccc4[nH]cc(CNS(C)(=O)=O)c4c3)CC2)c2ccc(C)o2)c(N2CCCCC2)c1. The quantitative estimate of drug-likeness (QED) is 0.250. The fraction of sp³-hybridized carbons (Fsp3) is 0.406. The Balaban J connectivity index is 1.34. The van der Waals surface area contributed by atoms with Crippen molar-refractivity contribution >= 4 is 32.5 Å². The molecule has 2 fully saturated rings. The maximum absolute atomic E-state index is 14.2. The monoisotopic (exact) mass is 574 g/mol. The van der Waals surface area contributed by atoms with Gasteiger partial charge in [-0.2, -0.15) is 0 Å². The molecule has 0 bridgehead atoms. The molecule has 3 N–H and O–H groups in total. The van der Waals surface area contributed by atoms with Crippen LogP contribution in [0.1, 0.15) is 71.9 Å². The van der Waals surface area contributed by atoms with Crippen molar-refractivity contribution in [1.82, 2.24) is 15.0 Å². The molecule has 2 aromatic carbocycles. The van der Waals surface area contributed by atoms with Gasteiger partial charge < -0.3 is 19.6 Å². The average Bonchev–Trinajstić information content (AvgIpc) is 3.50. The zero-order chi connectivity index (χ0) is 28.8. The van der Waals surface area contributed by atoms with E-state index in [1.165, 1.54) is 12.0 Å². The normalized spacial score (nSPS) is 17.5. The molecule has 2 aromatic heterocycles. The van der Waals surface area contributed by atoms with E-state index in [0.717, 1.165) is 89.8 Å². The van der Waals surface area contributed by atoms with Crippen molar-refractivity contribution in [2.45, 2.75) is 64.0 Å². The third-order valence-electron chi connectivity index (χ3n) is 8.54. The van der Waals surface area contributed by atoms with Crippen molar-refractivity contribution in [2.75, 3.05) is 24.2 Å². The number of hydrogen-bond donors (Lipinski definition) is 3. The van der Waals surface area contributed by atoms with Gasteiger partial charge >= 0.3 is 0 Å². The van der Waals surface area contributed by atoms with E-state index in [0.29, 0.717) is 0 Å². The molecule has 41 heavy (non-hydrogen) atoms. The standard InChI is InChI=1S/C32H38N4O4S/c1-21-7-10-25(28(17-21)36-15-5-4-6-16-36)30(29-12-8-22(2)40-29)35-31(37)32(13-14-32)24-9-11-27-26(18-24)23(19-33-27)20-34-41(3,38)39/h7-12,17-19,30,33-34H,4-6,13-16,20H2,1-3H3,(H,35,37). The lowest BCUT2D eigenvalue weighted by Gasteiger charge is -2.33. The van der Waals surface area contributed by atoms with E-state index in [2.05, 4.69) is 45.0 Å². The summed E-state index contributed by atoms with van der Waals surface area (Å²) >= 11 is 0. The van der Waals surface area contributed by atoms with Gasteiger partial charge in [0.1, 0.15) is 17.6 Å². The molecule has 9 heteroatoms. The number of aryl methyl sites for hydroxylation is 2. The number of sulfonamides is 1. The van der Waals surface area contributed by atoms with Crippen LogP contribution in [-0.2, 0) is 26.8 Å². The summed E-state index contributed by atoms with van der Waals surface area (Å²) in [5.74, 6) is 1.51. The Morgan fingerprint density at radius 2 is 1.83 bits per heavy atom. The van der Waals surface area contributed by atoms with E-state index in [4.69, 9.17) is 4.42 Å². The Bertz CT molecular complexity index is 1690. The summed E-state index contributed by atoms with van der Waals surface area (Å²) in [6, 6.07) is 16.0. The first-order chi connectivity index (χ1) is 19.6. The number of piperidine rings is 1. The van der Waals surface area contributed by atoms with E-state index in [-0.39, 0.29) is 12.5 Å². The number of anilines is 1. The number of benzene rings is 2. The van der Waals surface area contributed by atoms with E-state index >= 15 is 0 Å². The Labute approximate surface area is 241 Å². The smallest absolute Gasteiger partial charge is 0.231 e. The highest BCUT2D eigenvalue weighted by atomic mass is 32.2. The van der Waals surface area contributed by atoms with Crippen LogP contribution in [0.25, 0.3) is 10.9 Å². The van der Waals surface area contributed by atoms with Crippen LogP contribution >= 0.6 is 0 Å². The molecule has 1 saturated carbocycles. The number of fused-ring (bicyclic) bond motifs is 1. The molecule has 216 valence electrons. The largest absolute Gasteiger partial charge is 0.464 e. The predicted octanol–water partition coefficient (Wildman–Crippen LogP) is 5.35. The lowest BCUT2D eigenvalue weighted by atomic mass is 9.91. The van der Waals surface area contributed by atoms with Crippen LogP contribution in [0.5, 0.6) is 0 Å². The second kappa shape index (κ2) is 10.7. The average molecular weight is 575 g/mol. The van der Waals surface area contributed by atoms with Gasteiger partial charge in [0, 0.05) is 48.0 Å². The predicted molar refractivity (Wildman–Crippen MR) is 162 cm³/mol. The molecule has 2 aliphatic rings. The summed E-state index contributed by atoms with van der Waals surface area (Å²) in [6.45, 7) is 6.23. The number of H-pyrrole nitrogens is 1. The van der Waals surface area contributed by atoms with Crippen LogP contribution < -0.4 is 14.9 Å². The van der Waals surface area contributed by atoms with E-state index < -0.39 is 21.5 Å². The van der Waals surface area contributed by atoms with Gasteiger partial charge in [-0.1, -0.05) is 18.2 Å². The maximum Gasteiger partial charge on any atom is 0.231 e. The minimum absolute atomic E-state index is 0.0209. The lowest BCUT2D eigenvalue weighted by Crippen LogP contribution is -2.39. The van der Waals surface area contributed by atoms with Crippen molar-refractivity contribution in [3.8, 4) is 0 Å². The van der Waals surface area contributed by atoms with Gasteiger partial charge in [0.15, 0.2) is 0 Å². The van der Waals surface area contributed by atoms with Crippen LogP contribution in [0.15, 0.2) is 59.1 Å². The molecule has 4 aromatic rings. The molecule has 8 nitrogen and oxygen atoms in total. The lowest BCUT2D eigenvalue weighted by molar-refractivity contribution is -0.124. The van der Waals surface area contributed by atoms with E-state index in [1.807, 2.05) is 43.5 Å². The van der Waals surface area contributed by atoms with E-state index in [1.54, 1.807) is 0 Å². The molecule has 1 aliphatic heterocycles. The number of carbonyl (C=O) groups excluding carboxylic acids is 1. The highest BCUT2D eigenvalue weighted by Gasteiger charge is 2.52. The van der Waals surface area contributed by atoms with E-state index in [9.17, 15) is 13.2 Å². The van der Waals surface area contributed by atoms with Gasteiger partial charge in [-0.05, 0) is 93.0 Å². The number of furan rings is 1. The third-order valence-corrected chi connectivity index (χ3v) is 9.21. The molecule has 0 spiro atoms. The van der Waals surface area contributed by atoms with Crippen LogP contribution in [-0.4, -0.2) is 38.7 Å². The second-order valence-corrected chi connectivity index (χ2v) is 13.5. The fourth-order valence-electron chi connectivity index (χ4n) is 6.09. The highest BCUT2D eigenvalue weighted by molar-refractivity contribution is 7.88. The first kappa shape index (κ1) is 27.6. The summed E-state index contributed by atoms with van der Waals surface area (Å²) in [7, 11) is -3.33. The van der Waals surface area contributed by atoms with Crippen molar-refractivity contribution in [2.24, 2.45) is 0 Å². The number of aromatic amines is 1. The molecular weight excluding hydrogens is 536 g/mol. The molecule has 1 saturated heterocycles. The third kappa shape index (κ3) is 5.65. The Morgan fingerprint density at radius 1 is 1.05 bits per heavy atom. The topological polar surface area (TPSA) is 107 Å². The van der Waals surface area contributed by atoms with Gasteiger partial charge in [0.25, 0.3) is 0 Å². The minimum atomic E-state index is -3.33. The van der Waals surface area contributed by atoms with Gasteiger partial charge in [0.05, 0.1) is 11.7 Å². The molecule has 1 aliphatic carbocycles. The van der Waals surface area contributed by atoms with Crippen molar-refractivity contribution < 1.29 is 17.6 Å². The number of hydrogen-bond acceptors (Lipinski definition) is 5. The Kier molecular flexibility index (Phi) is 7.20. The van der Waals surface area contributed by atoms with Crippen LogP contribution in [0, 0.1) is 13.8 Å². The molecule has 6 rings (SSSR count). The molecular formula is C32H38N4O4S. The molecule has 1 unspecified atom stereocenters. The summed E-state index contributed by atoms with van der Waals surface area (Å²) in [4.78, 5) is 19.9. The molecule has 1 atom stereocenters. The van der Waals surface area contributed by atoms with Crippen LogP contribution in [0.3, 0.4) is 0 Å². The summed E-state index contributed by atoms with van der Waals surface area (Å²) in [5, 5.41) is 4.32. The maximum atomic E-state index is 14.2. The number of aromatic nitrogens is 1. The van der Waals surface area contributed by atoms with Gasteiger partial charge in [-0.15, -0.1) is 0 Å². The first-order valence-corrected chi connectivity index (χ1v) is 16.3. The fourth-order valence-corrected chi connectivity index (χ4v) is 6.51. The number of rotatable bonds is 9. The Morgan fingerprint density at radius 3 is 2.51 bits per heavy atom. The van der Waals surface area contributed by atoms with Gasteiger partial charge in [0.2, 0.25) is 15.9 Å². The Hall–Kier alpha value is -3.56. The number of nitrogens with one attached hydrogen (secondary N) is 3. The van der Waals surface area contributed by atoms with Crippen molar-refractivity contribution in [3.63, 3.8) is 0 Å². The van der Waals surface area contributed by atoms with Crippen LogP contribution in [0.4, 0.5) is 5.69 Å². The second-order valence-electron chi connectivity index (χ2n) is 11.7. The van der Waals surface area contributed by atoms with Crippen molar-refractivity contribution in [1.29, 1.82) is 0 Å². The van der Waals surface area contributed by atoms with Crippen LogP contribution in [0.2, 0.25) is 0 Å². The van der Waals surface area contributed by atoms with Gasteiger partial charge in [-0.3, -0.25) is 4.79 Å². The summed E-state index contributed by atoms with van der Waals surface area (Å²) in [6.07, 6.45) is 8.05. The summed E-state index contributed by atoms with van der Waals surface area (Å²) in [5.41, 5.74) is 5.45. The summed E-state index contributed by atoms with van der Waals surface area (Å²) < 4.78 is 32.1. The van der Waals surface area contributed by atoms with Crippen molar-refractivity contribution in [3.05, 3.63) is 88.5 Å². The first-order valence-electron chi connectivity index (χ1n) is 14.4. The highest BCUT2D eigenvalue weighted by Crippen LogP contribution is 2.50. The van der Waals surface area contributed by atoms with Gasteiger partial charge in [-0.25, -0.2) is 13.1 Å². The number of carbonyl (C=O) groups is 1. The molecule has 1 amide bonds. The molecule has 0 radical (unpaired) electrons. The zero-order valence-corrected chi connectivity index (χ0v) is 24.7. The number of amides is 1. The zero-order valence-electron chi connectivity index (χ0n) is 23.9.